The normalized spacial score (nSPS) is 26.8. The first-order valence-electron chi connectivity index (χ1n) is 25.2. The Labute approximate surface area is 356 Å². The number of unbranched alkanes of at least 4 members (excludes halogenated alkanes) is 15. The molecule has 336 valence electrons. The topological polar surface area (TPSA) is 85.3 Å². The molecular weight excluding hydrogens is 723 g/mol. The number of aliphatic hydroxyl groups excluding tert-OH is 1. The third-order valence-electron chi connectivity index (χ3n) is 15.3. The summed E-state index contributed by atoms with van der Waals surface area (Å²) in [4.78, 5) is 28.4. The minimum absolute atomic E-state index is 0.0187. The SMILES string of the molecule is CCCCCCCOC(CCCCCCCN(CCCCO)CCCCCC(=O)OC1CCC2(C)C(=CCC3C4CCC(=O)C4(C)CCC32)C1)OCCCCCCC. The van der Waals surface area contributed by atoms with Crippen molar-refractivity contribution in [2.75, 3.05) is 39.5 Å². The van der Waals surface area contributed by atoms with E-state index in [2.05, 4.69) is 38.7 Å². The van der Waals surface area contributed by atoms with Gasteiger partial charge in [-0.1, -0.05) is 116 Å². The van der Waals surface area contributed by atoms with Crippen molar-refractivity contribution in [3.63, 3.8) is 0 Å². The van der Waals surface area contributed by atoms with Gasteiger partial charge in [-0.25, -0.2) is 0 Å². The highest BCUT2D eigenvalue weighted by atomic mass is 16.7. The molecule has 0 heterocycles. The van der Waals surface area contributed by atoms with Gasteiger partial charge < -0.3 is 24.2 Å². The second kappa shape index (κ2) is 27.6. The minimum atomic E-state index is -0.0790. The molecule has 6 atom stereocenters. The molecule has 0 aromatic rings. The van der Waals surface area contributed by atoms with Crippen molar-refractivity contribution in [3.8, 4) is 0 Å². The maximum absolute atomic E-state index is 13.0. The number of rotatable bonds is 33. The Bertz CT molecular complexity index is 1160. The van der Waals surface area contributed by atoms with Crippen LogP contribution in [-0.4, -0.2) is 73.6 Å². The summed E-state index contributed by atoms with van der Waals surface area (Å²) in [6.07, 6.45) is 35.9. The molecule has 4 aliphatic carbocycles. The number of hydrogen-bond donors (Lipinski definition) is 1. The van der Waals surface area contributed by atoms with Gasteiger partial charge in [-0.15, -0.1) is 0 Å². The number of carbonyl (C=O) groups is 2. The molecule has 58 heavy (non-hydrogen) atoms. The van der Waals surface area contributed by atoms with E-state index in [9.17, 15) is 14.7 Å². The lowest BCUT2D eigenvalue weighted by Gasteiger charge is -2.56. The number of aliphatic hydroxyl groups is 1. The molecule has 3 saturated carbocycles. The number of carbonyl (C=O) groups excluding carboxylic acids is 2. The van der Waals surface area contributed by atoms with Crippen molar-refractivity contribution in [1.29, 1.82) is 0 Å². The van der Waals surface area contributed by atoms with Crippen molar-refractivity contribution in [1.82, 2.24) is 4.90 Å². The molecule has 0 amide bonds. The maximum Gasteiger partial charge on any atom is 0.306 e. The van der Waals surface area contributed by atoms with Crippen molar-refractivity contribution in [2.24, 2.45) is 28.6 Å². The van der Waals surface area contributed by atoms with Crippen LogP contribution in [0.1, 0.15) is 220 Å². The van der Waals surface area contributed by atoms with Gasteiger partial charge in [0.2, 0.25) is 0 Å². The standard InChI is InChI=1S/C51H91NO6/c1-5-7-9-14-23-39-56-49(57-40-24-15-10-8-6-2)26-18-12-11-13-19-35-52(37-21-22-38-53)36-20-16-17-25-48(55)58-43-31-33-50(3)42(41-43)27-28-44-45-29-30-47(54)51(45,4)34-32-46(44)50/h27,43-46,49,53H,5-26,28-41H2,1-4H3. The Morgan fingerprint density at radius 1 is 0.724 bits per heavy atom. The minimum Gasteiger partial charge on any atom is -0.462 e. The quantitative estimate of drug-likeness (QED) is 0.0306. The average molecular weight is 814 g/mol. The molecule has 4 rings (SSSR count). The van der Waals surface area contributed by atoms with Gasteiger partial charge in [0.25, 0.3) is 0 Å². The van der Waals surface area contributed by atoms with Crippen molar-refractivity contribution < 1.29 is 28.9 Å². The third kappa shape index (κ3) is 15.9. The Kier molecular flexibility index (Phi) is 23.5. The van der Waals surface area contributed by atoms with Crippen molar-refractivity contribution in [2.45, 2.75) is 233 Å². The summed E-state index contributed by atoms with van der Waals surface area (Å²) in [7, 11) is 0. The molecule has 0 radical (unpaired) electrons. The summed E-state index contributed by atoms with van der Waals surface area (Å²) in [6, 6.07) is 0. The molecular formula is C51H91NO6. The molecule has 1 N–H and O–H groups in total. The molecule has 0 spiro atoms. The molecule has 7 nitrogen and oxygen atoms in total. The molecule has 4 aliphatic rings. The van der Waals surface area contributed by atoms with Crippen molar-refractivity contribution in [3.05, 3.63) is 11.6 Å². The Morgan fingerprint density at radius 2 is 1.29 bits per heavy atom. The fourth-order valence-corrected chi connectivity index (χ4v) is 11.5. The number of esters is 1. The molecule has 0 aromatic heterocycles. The summed E-state index contributed by atoms with van der Waals surface area (Å²) in [5.74, 6) is 2.37. The van der Waals surface area contributed by atoms with Crippen LogP contribution < -0.4 is 0 Å². The van der Waals surface area contributed by atoms with E-state index < -0.39 is 0 Å². The summed E-state index contributed by atoms with van der Waals surface area (Å²) < 4.78 is 18.6. The third-order valence-corrected chi connectivity index (χ3v) is 15.3. The van der Waals surface area contributed by atoms with E-state index in [1.54, 1.807) is 0 Å². The van der Waals surface area contributed by atoms with Crippen LogP contribution in [0, 0.1) is 28.6 Å². The first-order chi connectivity index (χ1) is 28.2. The Morgan fingerprint density at radius 3 is 1.97 bits per heavy atom. The van der Waals surface area contributed by atoms with E-state index in [1.807, 2.05) is 0 Å². The Hall–Kier alpha value is -1.28. The van der Waals surface area contributed by atoms with Gasteiger partial charge in [-0.2, -0.15) is 0 Å². The van der Waals surface area contributed by atoms with Gasteiger partial charge in [0, 0.05) is 44.5 Å². The van der Waals surface area contributed by atoms with Crippen LogP contribution in [-0.2, 0) is 23.8 Å². The first-order valence-corrected chi connectivity index (χ1v) is 25.2. The van der Waals surface area contributed by atoms with Crippen LogP contribution in [0.25, 0.3) is 0 Å². The summed E-state index contributed by atoms with van der Waals surface area (Å²) >= 11 is 0. The van der Waals surface area contributed by atoms with Crippen LogP contribution in [0.4, 0.5) is 0 Å². The van der Waals surface area contributed by atoms with E-state index in [4.69, 9.17) is 14.2 Å². The average Bonchev–Trinajstić information content (AvgIpc) is 3.52. The zero-order chi connectivity index (χ0) is 41.5. The largest absolute Gasteiger partial charge is 0.462 e. The number of fused-ring (bicyclic) bond motifs is 5. The number of ketones is 1. The van der Waals surface area contributed by atoms with Gasteiger partial charge in [0.05, 0.1) is 0 Å². The first kappa shape index (κ1) is 49.4. The fourth-order valence-electron chi connectivity index (χ4n) is 11.5. The lowest BCUT2D eigenvalue weighted by molar-refractivity contribution is -0.151. The van der Waals surface area contributed by atoms with Crippen molar-refractivity contribution >= 4 is 11.8 Å². The van der Waals surface area contributed by atoms with Crippen LogP contribution >= 0.6 is 0 Å². The highest BCUT2D eigenvalue weighted by Crippen LogP contribution is 2.64. The predicted octanol–water partition coefficient (Wildman–Crippen LogP) is 12.7. The smallest absolute Gasteiger partial charge is 0.306 e. The van der Waals surface area contributed by atoms with E-state index in [1.165, 1.54) is 95.5 Å². The number of allylic oxidation sites excluding steroid dienone is 1. The lowest BCUT2D eigenvalue weighted by atomic mass is 9.48. The van der Waals surface area contributed by atoms with Crippen LogP contribution in [0.5, 0.6) is 0 Å². The van der Waals surface area contributed by atoms with Gasteiger partial charge in [0.15, 0.2) is 6.29 Å². The Balaban J connectivity index is 1.07. The van der Waals surface area contributed by atoms with Gasteiger partial charge >= 0.3 is 5.97 Å². The van der Waals surface area contributed by atoms with Crippen LogP contribution in [0.15, 0.2) is 11.6 Å². The molecule has 0 aliphatic heterocycles. The van der Waals surface area contributed by atoms with E-state index in [0.29, 0.717) is 30.0 Å². The van der Waals surface area contributed by atoms with Gasteiger partial charge in [0.1, 0.15) is 11.9 Å². The number of hydrogen-bond acceptors (Lipinski definition) is 7. The fraction of sp³-hybridized carbons (Fsp3) is 0.922. The number of nitrogens with zero attached hydrogens (tertiary/aromatic N) is 1. The number of Topliss-reactive ketones (excluding diaryl/α,β-unsaturated/α-hetero) is 1. The van der Waals surface area contributed by atoms with E-state index >= 15 is 0 Å². The summed E-state index contributed by atoms with van der Waals surface area (Å²) in [5, 5.41) is 9.38. The molecule has 0 saturated heterocycles. The second-order valence-electron chi connectivity index (χ2n) is 19.7. The lowest BCUT2D eigenvalue weighted by Crippen LogP contribution is -2.50. The van der Waals surface area contributed by atoms with Gasteiger partial charge in [-0.3, -0.25) is 9.59 Å². The highest BCUT2D eigenvalue weighted by molar-refractivity contribution is 5.87. The molecule has 7 heteroatoms. The zero-order valence-corrected chi connectivity index (χ0v) is 38.4. The number of ether oxygens (including phenoxy) is 3. The molecule has 0 bridgehead atoms. The summed E-state index contributed by atoms with van der Waals surface area (Å²) in [5.41, 5.74) is 1.66. The highest BCUT2D eigenvalue weighted by Gasteiger charge is 2.58. The van der Waals surface area contributed by atoms with Crippen LogP contribution in [0.3, 0.4) is 0 Å². The molecule has 3 fully saturated rings. The van der Waals surface area contributed by atoms with Gasteiger partial charge in [-0.05, 0) is 139 Å². The zero-order valence-electron chi connectivity index (χ0n) is 38.4. The molecule has 6 unspecified atom stereocenters. The monoisotopic (exact) mass is 814 g/mol. The second-order valence-corrected chi connectivity index (χ2v) is 19.7. The van der Waals surface area contributed by atoms with Crippen LogP contribution in [0.2, 0.25) is 0 Å². The van der Waals surface area contributed by atoms with E-state index in [0.717, 1.165) is 129 Å². The molecule has 0 aromatic carbocycles. The maximum atomic E-state index is 13.0. The van der Waals surface area contributed by atoms with E-state index in [-0.39, 0.29) is 35.8 Å². The predicted molar refractivity (Wildman–Crippen MR) is 239 cm³/mol. The summed E-state index contributed by atoms with van der Waals surface area (Å²) in [6.45, 7) is 14.4.